The molecule has 0 bridgehead atoms. The van der Waals surface area contributed by atoms with Gasteiger partial charge in [-0.05, 0) is 45.5 Å². The molecular formula is C10H12BrN5O. The van der Waals surface area contributed by atoms with Gasteiger partial charge in [-0.15, -0.1) is 5.10 Å². The van der Waals surface area contributed by atoms with Gasteiger partial charge in [0, 0.05) is 10.5 Å². The fourth-order valence-electron chi connectivity index (χ4n) is 1.44. The van der Waals surface area contributed by atoms with Crippen molar-refractivity contribution in [3.8, 4) is 11.4 Å². The molecule has 1 heterocycles. The van der Waals surface area contributed by atoms with E-state index < -0.39 is 0 Å². The molecule has 0 atom stereocenters. The number of hydrogen-bond acceptors (Lipinski definition) is 5. The van der Waals surface area contributed by atoms with Crippen LogP contribution in [0.15, 0.2) is 22.7 Å². The smallest absolute Gasteiger partial charge is 0.170 e. The van der Waals surface area contributed by atoms with Gasteiger partial charge in [0.2, 0.25) is 0 Å². The molecule has 0 aliphatic heterocycles. The summed E-state index contributed by atoms with van der Waals surface area (Å²) in [5.74, 6) is 1.50. The van der Waals surface area contributed by atoms with E-state index in [1.54, 1.807) is 11.8 Å². The van der Waals surface area contributed by atoms with Crippen molar-refractivity contribution in [3.05, 3.63) is 28.5 Å². The van der Waals surface area contributed by atoms with E-state index in [2.05, 4.69) is 36.8 Å². The lowest BCUT2D eigenvalue weighted by atomic mass is 10.3. The van der Waals surface area contributed by atoms with E-state index in [1.807, 2.05) is 25.2 Å². The molecule has 1 aromatic carbocycles. The van der Waals surface area contributed by atoms with Crippen LogP contribution in [0.2, 0.25) is 0 Å². The van der Waals surface area contributed by atoms with Crippen LogP contribution in [0.25, 0.3) is 5.69 Å². The maximum Gasteiger partial charge on any atom is 0.170 e. The first-order valence-corrected chi connectivity index (χ1v) is 5.81. The second kappa shape index (κ2) is 5.24. The summed E-state index contributed by atoms with van der Waals surface area (Å²) in [6.45, 7) is 0.594. The lowest BCUT2D eigenvalue weighted by Crippen LogP contribution is -2.12. The van der Waals surface area contributed by atoms with Crippen molar-refractivity contribution in [1.82, 2.24) is 25.5 Å². The Bertz CT molecular complexity index is 513. The molecule has 7 heteroatoms. The molecule has 0 saturated heterocycles. The van der Waals surface area contributed by atoms with E-state index in [-0.39, 0.29) is 0 Å². The number of tetrazole rings is 1. The number of nitrogens with one attached hydrogen (secondary N) is 1. The maximum atomic E-state index is 5.19. The van der Waals surface area contributed by atoms with Gasteiger partial charge in [-0.1, -0.05) is 0 Å². The van der Waals surface area contributed by atoms with Gasteiger partial charge in [-0.3, -0.25) is 0 Å². The first-order chi connectivity index (χ1) is 8.26. The zero-order valence-electron chi connectivity index (χ0n) is 9.51. The fraction of sp³-hybridized carbons (Fsp3) is 0.300. The van der Waals surface area contributed by atoms with Crippen LogP contribution < -0.4 is 10.1 Å². The normalized spacial score (nSPS) is 10.5. The molecule has 1 N–H and O–H groups in total. The van der Waals surface area contributed by atoms with Crippen molar-refractivity contribution in [3.63, 3.8) is 0 Å². The van der Waals surface area contributed by atoms with E-state index in [1.165, 1.54) is 0 Å². The lowest BCUT2D eigenvalue weighted by molar-refractivity contribution is 0.414. The predicted octanol–water partition coefficient (Wildman–Crippen LogP) is 1.15. The third-order valence-electron chi connectivity index (χ3n) is 2.25. The Morgan fingerprint density at radius 3 is 3.00 bits per heavy atom. The maximum absolute atomic E-state index is 5.19. The lowest BCUT2D eigenvalue weighted by Gasteiger charge is -2.08. The zero-order chi connectivity index (χ0) is 12.3. The number of ether oxygens (including phenoxy) is 1. The van der Waals surface area contributed by atoms with Crippen LogP contribution in [0.5, 0.6) is 5.75 Å². The number of hydrogen-bond donors (Lipinski definition) is 1. The molecule has 0 saturated carbocycles. The first-order valence-electron chi connectivity index (χ1n) is 5.02. The standard InChI is InChI=1S/C10H12BrN5O/c1-12-6-10-13-14-15-16(10)9-5-7(17-2)3-4-8(9)11/h3-5,12H,6H2,1-2H3. The Labute approximate surface area is 107 Å². The molecule has 1 aromatic heterocycles. The van der Waals surface area contributed by atoms with Crippen LogP contribution in [-0.2, 0) is 6.54 Å². The number of halogens is 1. The van der Waals surface area contributed by atoms with Crippen molar-refractivity contribution in [2.75, 3.05) is 14.2 Å². The van der Waals surface area contributed by atoms with Gasteiger partial charge in [0.15, 0.2) is 5.82 Å². The summed E-state index contributed by atoms with van der Waals surface area (Å²) in [6, 6.07) is 5.65. The molecule has 0 aliphatic carbocycles. The molecule has 90 valence electrons. The van der Waals surface area contributed by atoms with Crippen LogP contribution in [0, 0.1) is 0 Å². The minimum Gasteiger partial charge on any atom is -0.497 e. The van der Waals surface area contributed by atoms with Gasteiger partial charge in [0.05, 0.1) is 19.3 Å². The average Bonchev–Trinajstić information content (AvgIpc) is 2.78. The molecule has 0 amide bonds. The summed E-state index contributed by atoms with van der Waals surface area (Å²) in [7, 11) is 3.47. The molecule has 17 heavy (non-hydrogen) atoms. The van der Waals surface area contributed by atoms with E-state index in [4.69, 9.17) is 4.74 Å². The first kappa shape index (κ1) is 12.0. The molecule has 0 radical (unpaired) electrons. The Morgan fingerprint density at radius 1 is 1.47 bits per heavy atom. The van der Waals surface area contributed by atoms with Crippen LogP contribution in [-0.4, -0.2) is 34.4 Å². The summed E-state index contributed by atoms with van der Waals surface area (Å²) >= 11 is 3.47. The van der Waals surface area contributed by atoms with Gasteiger partial charge < -0.3 is 10.1 Å². The highest BCUT2D eigenvalue weighted by Gasteiger charge is 2.11. The van der Waals surface area contributed by atoms with Crippen molar-refractivity contribution in [1.29, 1.82) is 0 Å². The van der Waals surface area contributed by atoms with E-state index in [0.717, 1.165) is 21.7 Å². The average molecular weight is 298 g/mol. The highest BCUT2D eigenvalue weighted by Crippen LogP contribution is 2.25. The Balaban J connectivity index is 2.47. The zero-order valence-corrected chi connectivity index (χ0v) is 11.1. The highest BCUT2D eigenvalue weighted by molar-refractivity contribution is 9.10. The molecular weight excluding hydrogens is 286 g/mol. The molecule has 6 nitrogen and oxygen atoms in total. The minimum absolute atomic E-state index is 0.594. The SMILES string of the molecule is CNCc1nnnn1-c1cc(OC)ccc1Br. The van der Waals surface area contributed by atoms with Crippen LogP contribution >= 0.6 is 15.9 Å². The summed E-state index contributed by atoms with van der Waals surface area (Å²) in [5.41, 5.74) is 0.847. The molecule has 2 rings (SSSR count). The molecule has 0 spiro atoms. The quantitative estimate of drug-likeness (QED) is 0.917. The predicted molar refractivity (Wildman–Crippen MR) is 66.2 cm³/mol. The van der Waals surface area contributed by atoms with Crippen LogP contribution in [0.3, 0.4) is 0 Å². The van der Waals surface area contributed by atoms with E-state index >= 15 is 0 Å². The van der Waals surface area contributed by atoms with Gasteiger partial charge in [0.25, 0.3) is 0 Å². The molecule has 0 unspecified atom stereocenters. The Kier molecular flexibility index (Phi) is 3.70. The highest BCUT2D eigenvalue weighted by atomic mass is 79.9. The number of methoxy groups -OCH3 is 1. The minimum atomic E-state index is 0.594. The van der Waals surface area contributed by atoms with Crippen molar-refractivity contribution >= 4 is 15.9 Å². The number of aromatic nitrogens is 4. The molecule has 0 aliphatic rings. The van der Waals surface area contributed by atoms with Crippen molar-refractivity contribution < 1.29 is 4.74 Å². The Morgan fingerprint density at radius 2 is 2.29 bits per heavy atom. The monoisotopic (exact) mass is 297 g/mol. The number of nitrogens with zero attached hydrogens (tertiary/aromatic N) is 4. The van der Waals surface area contributed by atoms with Crippen molar-refractivity contribution in [2.24, 2.45) is 0 Å². The van der Waals surface area contributed by atoms with Gasteiger partial charge in [-0.2, -0.15) is 4.68 Å². The second-order valence-electron chi connectivity index (χ2n) is 3.35. The van der Waals surface area contributed by atoms with Crippen molar-refractivity contribution in [2.45, 2.75) is 6.54 Å². The summed E-state index contributed by atoms with van der Waals surface area (Å²) < 4.78 is 7.76. The van der Waals surface area contributed by atoms with Gasteiger partial charge >= 0.3 is 0 Å². The summed E-state index contributed by atoms with van der Waals surface area (Å²) in [4.78, 5) is 0. The van der Waals surface area contributed by atoms with Gasteiger partial charge in [0.1, 0.15) is 5.75 Å². The third kappa shape index (κ3) is 2.45. The fourth-order valence-corrected chi connectivity index (χ4v) is 1.86. The second-order valence-corrected chi connectivity index (χ2v) is 4.21. The summed E-state index contributed by atoms with van der Waals surface area (Å²) in [5, 5.41) is 14.6. The van der Waals surface area contributed by atoms with Gasteiger partial charge in [-0.25, -0.2) is 0 Å². The number of rotatable bonds is 4. The molecule has 2 aromatic rings. The van der Waals surface area contributed by atoms with E-state index in [9.17, 15) is 0 Å². The van der Waals surface area contributed by atoms with Crippen LogP contribution in [0.1, 0.15) is 5.82 Å². The summed E-state index contributed by atoms with van der Waals surface area (Å²) in [6.07, 6.45) is 0. The topological polar surface area (TPSA) is 64.9 Å². The third-order valence-corrected chi connectivity index (χ3v) is 2.92. The molecule has 0 fully saturated rings. The number of benzene rings is 1. The van der Waals surface area contributed by atoms with E-state index in [0.29, 0.717) is 6.54 Å². The van der Waals surface area contributed by atoms with Crippen LogP contribution in [0.4, 0.5) is 0 Å². The Hall–Kier alpha value is -1.47. The largest absolute Gasteiger partial charge is 0.497 e.